The van der Waals surface area contributed by atoms with Crippen LogP contribution in [0.2, 0.25) is 0 Å². The van der Waals surface area contributed by atoms with Gasteiger partial charge in [0.05, 0.1) is 11.3 Å². The third-order valence-electron chi connectivity index (χ3n) is 5.48. The first-order valence-corrected chi connectivity index (χ1v) is 11.0. The lowest BCUT2D eigenvalue weighted by Gasteiger charge is -2.35. The highest BCUT2D eigenvalue weighted by Crippen LogP contribution is 2.58. The molecule has 0 aromatic rings. The van der Waals surface area contributed by atoms with E-state index in [1.807, 2.05) is 0 Å². The first-order chi connectivity index (χ1) is 10.5. The number of esters is 1. The summed E-state index contributed by atoms with van der Waals surface area (Å²) in [5, 5.41) is -0.110. The Labute approximate surface area is 140 Å². The molecule has 2 bridgehead atoms. The van der Waals surface area contributed by atoms with Gasteiger partial charge in [-0.05, 0) is 19.3 Å². The molecule has 8 heteroatoms. The molecule has 5 unspecified atom stereocenters. The molecule has 5 atom stereocenters. The fraction of sp³-hybridized carbons (Fsp3) is 0.929. The first-order valence-electron chi connectivity index (χ1n) is 7.97. The van der Waals surface area contributed by atoms with Crippen molar-refractivity contribution in [1.82, 2.24) is 4.31 Å². The van der Waals surface area contributed by atoms with Gasteiger partial charge in [-0.3, -0.25) is 4.79 Å². The van der Waals surface area contributed by atoms with Crippen molar-refractivity contribution in [2.24, 2.45) is 0 Å². The Hall–Kier alpha value is 0.0200. The number of rotatable bonds is 3. The molecule has 0 N–H and O–H groups in total. The van der Waals surface area contributed by atoms with Gasteiger partial charge in [0.25, 0.3) is 0 Å². The largest absolute Gasteiger partial charge is 0.459 e. The van der Waals surface area contributed by atoms with Crippen molar-refractivity contribution in [3.8, 4) is 0 Å². The number of alkyl halides is 1. The SMILES string of the molecule is O=C(CCl)OC1C2CC3C(S2)C1N(C1CCCCC1)S3(=O)=O. The van der Waals surface area contributed by atoms with Crippen LogP contribution in [0.25, 0.3) is 0 Å². The van der Waals surface area contributed by atoms with Gasteiger partial charge in [-0.15, -0.1) is 23.4 Å². The van der Waals surface area contributed by atoms with Crippen molar-refractivity contribution in [2.45, 2.75) is 72.5 Å². The lowest BCUT2D eigenvalue weighted by molar-refractivity contribution is -0.148. The van der Waals surface area contributed by atoms with Crippen LogP contribution in [0.15, 0.2) is 0 Å². The number of carbonyl (C=O) groups is 1. The Morgan fingerprint density at radius 2 is 2.00 bits per heavy atom. The minimum absolute atomic E-state index is 0.0602. The van der Waals surface area contributed by atoms with E-state index in [1.165, 1.54) is 6.42 Å². The fourth-order valence-electron chi connectivity index (χ4n) is 4.65. The number of fused-ring (bicyclic) bond motifs is 1. The van der Waals surface area contributed by atoms with Crippen LogP contribution in [0.3, 0.4) is 0 Å². The Morgan fingerprint density at radius 1 is 1.27 bits per heavy atom. The summed E-state index contributed by atoms with van der Waals surface area (Å²) in [4.78, 5) is 11.6. The van der Waals surface area contributed by atoms with Gasteiger partial charge in [0.2, 0.25) is 10.0 Å². The summed E-state index contributed by atoms with van der Waals surface area (Å²) in [6.07, 6.45) is 5.50. The number of hydrogen-bond acceptors (Lipinski definition) is 5. The highest BCUT2D eigenvalue weighted by molar-refractivity contribution is 8.03. The molecular weight excluding hydrogens is 346 g/mol. The molecule has 124 valence electrons. The highest BCUT2D eigenvalue weighted by Gasteiger charge is 2.69. The van der Waals surface area contributed by atoms with Crippen molar-refractivity contribution >= 4 is 39.4 Å². The summed E-state index contributed by atoms with van der Waals surface area (Å²) in [5.41, 5.74) is 0. The van der Waals surface area contributed by atoms with E-state index in [4.69, 9.17) is 16.3 Å². The van der Waals surface area contributed by atoms with E-state index in [1.54, 1.807) is 16.1 Å². The smallest absolute Gasteiger partial charge is 0.321 e. The number of carbonyl (C=O) groups excluding carboxylic acids is 1. The molecule has 3 aliphatic heterocycles. The van der Waals surface area contributed by atoms with Gasteiger partial charge in [0.1, 0.15) is 12.0 Å². The second-order valence-electron chi connectivity index (χ2n) is 6.66. The normalized spacial score (nSPS) is 43.6. The van der Waals surface area contributed by atoms with Crippen LogP contribution in [-0.4, -0.2) is 58.5 Å². The molecule has 4 fully saturated rings. The maximum absolute atomic E-state index is 13.0. The Bertz CT molecular complexity index is 577. The third kappa shape index (κ3) is 2.15. The van der Waals surface area contributed by atoms with Gasteiger partial charge in [0.15, 0.2) is 0 Å². The molecule has 0 aromatic heterocycles. The Balaban J connectivity index is 1.66. The standard InChI is InChI=1S/C14H20ClNO4S2/c15-7-11(17)20-13-9-6-10-14(21-9)12(13)16(22(10,18)19)8-4-2-1-3-5-8/h8-10,12-14H,1-7H2. The van der Waals surface area contributed by atoms with Crippen LogP contribution < -0.4 is 0 Å². The fourth-order valence-corrected chi connectivity index (χ4v) is 9.83. The maximum Gasteiger partial charge on any atom is 0.321 e. The minimum atomic E-state index is -3.26. The van der Waals surface area contributed by atoms with E-state index in [-0.39, 0.29) is 39.8 Å². The van der Waals surface area contributed by atoms with E-state index in [0.29, 0.717) is 6.42 Å². The lowest BCUT2D eigenvalue weighted by atomic mass is 9.89. The van der Waals surface area contributed by atoms with Gasteiger partial charge < -0.3 is 4.74 Å². The number of nitrogens with zero attached hydrogens (tertiary/aromatic N) is 1. The van der Waals surface area contributed by atoms with E-state index >= 15 is 0 Å². The highest BCUT2D eigenvalue weighted by atomic mass is 35.5. The average Bonchev–Trinajstić information content (AvgIpc) is 3.12. The predicted molar refractivity (Wildman–Crippen MR) is 85.6 cm³/mol. The van der Waals surface area contributed by atoms with Crippen molar-refractivity contribution in [3.05, 3.63) is 0 Å². The van der Waals surface area contributed by atoms with Gasteiger partial charge in [-0.25, -0.2) is 8.42 Å². The summed E-state index contributed by atoms with van der Waals surface area (Å²) in [5.74, 6) is -0.616. The van der Waals surface area contributed by atoms with Crippen LogP contribution in [-0.2, 0) is 19.6 Å². The van der Waals surface area contributed by atoms with Crippen LogP contribution in [0.4, 0.5) is 0 Å². The number of hydrogen-bond donors (Lipinski definition) is 0. The number of halogens is 1. The molecule has 0 radical (unpaired) electrons. The molecular formula is C14H20ClNO4S2. The molecule has 0 amide bonds. The summed E-state index contributed by atoms with van der Waals surface area (Å²) in [7, 11) is -3.26. The van der Waals surface area contributed by atoms with Crippen molar-refractivity contribution < 1.29 is 17.9 Å². The minimum Gasteiger partial charge on any atom is -0.459 e. The van der Waals surface area contributed by atoms with Crippen molar-refractivity contribution in [2.75, 3.05) is 5.88 Å². The number of thioether (sulfide) groups is 1. The summed E-state index contributed by atoms with van der Waals surface area (Å²) in [6, 6.07) is -0.0834. The van der Waals surface area contributed by atoms with Crippen LogP contribution in [0.1, 0.15) is 38.5 Å². The van der Waals surface area contributed by atoms with Crippen LogP contribution in [0, 0.1) is 0 Å². The molecule has 4 rings (SSSR count). The third-order valence-corrected chi connectivity index (χ3v) is 9.99. The molecule has 5 nitrogen and oxygen atoms in total. The van der Waals surface area contributed by atoms with E-state index in [9.17, 15) is 13.2 Å². The first kappa shape index (κ1) is 15.5. The summed E-state index contributed by atoms with van der Waals surface area (Å²) in [6.45, 7) is 0. The van der Waals surface area contributed by atoms with E-state index in [2.05, 4.69) is 0 Å². The molecule has 3 saturated heterocycles. The van der Waals surface area contributed by atoms with E-state index < -0.39 is 16.0 Å². The Kier molecular flexibility index (Phi) is 3.91. The molecule has 1 aliphatic carbocycles. The molecule has 1 saturated carbocycles. The number of ether oxygens (including phenoxy) is 1. The van der Waals surface area contributed by atoms with Crippen LogP contribution in [0.5, 0.6) is 0 Å². The summed E-state index contributed by atoms with van der Waals surface area (Å²) < 4.78 is 33.2. The van der Waals surface area contributed by atoms with Crippen molar-refractivity contribution in [1.29, 1.82) is 0 Å². The van der Waals surface area contributed by atoms with Crippen molar-refractivity contribution in [3.63, 3.8) is 0 Å². The van der Waals surface area contributed by atoms with Gasteiger partial charge in [0, 0.05) is 16.5 Å². The quantitative estimate of drug-likeness (QED) is 0.563. The van der Waals surface area contributed by atoms with Crippen LogP contribution >= 0.6 is 23.4 Å². The lowest BCUT2D eigenvalue weighted by Crippen LogP contribution is -2.51. The zero-order valence-corrected chi connectivity index (χ0v) is 14.6. The maximum atomic E-state index is 13.0. The monoisotopic (exact) mass is 365 g/mol. The Morgan fingerprint density at radius 3 is 2.68 bits per heavy atom. The molecule has 4 aliphatic rings. The number of sulfonamides is 1. The van der Waals surface area contributed by atoms with E-state index in [0.717, 1.165) is 25.7 Å². The topological polar surface area (TPSA) is 63.7 Å². The van der Waals surface area contributed by atoms with Gasteiger partial charge in [-0.2, -0.15) is 4.31 Å². The zero-order chi connectivity index (χ0) is 15.5. The predicted octanol–water partition coefficient (Wildman–Crippen LogP) is 1.74. The average molecular weight is 366 g/mol. The molecule has 22 heavy (non-hydrogen) atoms. The van der Waals surface area contributed by atoms with Gasteiger partial charge in [-0.1, -0.05) is 19.3 Å². The zero-order valence-electron chi connectivity index (χ0n) is 12.2. The molecule has 0 aromatic carbocycles. The molecule has 0 spiro atoms. The second-order valence-corrected chi connectivity index (χ2v) is 10.4. The molecule has 3 heterocycles. The second kappa shape index (κ2) is 5.53. The van der Waals surface area contributed by atoms with Gasteiger partial charge >= 0.3 is 5.97 Å². The summed E-state index contributed by atoms with van der Waals surface area (Å²) >= 11 is 7.26.